The highest BCUT2D eigenvalue weighted by molar-refractivity contribution is 5.84. The van der Waals surface area contributed by atoms with Gasteiger partial charge in [-0.15, -0.1) is 0 Å². The van der Waals surface area contributed by atoms with Gasteiger partial charge in [0.1, 0.15) is 18.5 Å². The minimum Gasteiger partial charge on any atom is -0.493 e. The minimum absolute atomic E-state index is 0.0733. The number of hydrogen-bond donors (Lipinski definition) is 1. The molecule has 0 saturated carbocycles. The first-order chi connectivity index (χ1) is 26.3. The Kier molecular flexibility index (Phi) is 17.5. The van der Waals surface area contributed by atoms with Gasteiger partial charge in [0.05, 0.1) is 54.7 Å². The first-order valence-corrected chi connectivity index (χ1v) is 18.8. The Bertz CT molecular complexity index is 1580. The van der Waals surface area contributed by atoms with E-state index in [9.17, 15) is 9.59 Å². The third-order valence-corrected chi connectivity index (χ3v) is 9.60. The minimum atomic E-state index is -0.464. The van der Waals surface area contributed by atoms with Crippen molar-refractivity contribution in [1.29, 1.82) is 0 Å². The van der Waals surface area contributed by atoms with E-state index < -0.39 is 6.10 Å². The van der Waals surface area contributed by atoms with Crippen LogP contribution < -0.4 is 33.7 Å². The molecule has 1 unspecified atom stereocenters. The van der Waals surface area contributed by atoms with E-state index in [-0.39, 0.29) is 24.2 Å². The summed E-state index contributed by atoms with van der Waals surface area (Å²) in [6.07, 6.45) is 3.80. The second-order valence-electron chi connectivity index (χ2n) is 13.1. The Balaban J connectivity index is 1.30. The molecule has 2 atom stereocenters. The van der Waals surface area contributed by atoms with Gasteiger partial charge in [0.15, 0.2) is 23.0 Å². The van der Waals surface area contributed by atoms with Crippen LogP contribution in [0.2, 0.25) is 0 Å². The van der Waals surface area contributed by atoms with Gasteiger partial charge in [-0.1, -0.05) is 31.5 Å². The maximum Gasteiger partial charge on any atom is 0.306 e. The van der Waals surface area contributed by atoms with Crippen molar-refractivity contribution in [2.24, 2.45) is 0 Å². The first-order valence-electron chi connectivity index (χ1n) is 18.8. The number of methoxy groups -OCH3 is 5. The summed E-state index contributed by atoms with van der Waals surface area (Å²) in [6.45, 7) is 7.15. The number of esters is 1. The molecular formula is C42H58N2O10. The van der Waals surface area contributed by atoms with Crippen LogP contribution in [-0.2, 0) is 25.5 Å². The van der Waals surface area contributed by atoms with E-state index in [1.165, 1.54) is 0 Å². The Hall–Kier alpha value is -4.68. The van der Waals surface area contributed by atoms with Crippen molar-refractivity contribution in [2.45, 2.75) is 63.9 Å². The maximum atomic E-state index is 13.2. The van der Waals surface area contributed by atoms with Crippen LogP contribution in [-0.4, -0.2) is 98.3 Å². The van der Waals surface area contributed by atoms with E-state index >= 15 is 0 Å². The summed E-state index contributed by atoms with van der Waals surface area (Å²) in [5.41, 5.74) is 2.72. The molecule has 1 aliphatic rings. The lowest BCUT2D eigenvalue weighted by molar-refractivity contribution is -0.150. The number of aryl methyl sites for hydroxylation is 1. The molecule has 1 aliphatic heterocycles. The predicted molar refractivity (Wildman–Crippen MR) is 207 cm³/mol. The van der Waals surface area contributed by atoms with Crippen molar-refractivity contribution in [3.63, 3.8) is 0 Å². The highest BCUT2D eigenvalue weighted by Gasteiger charge is 2.23. The molecule has 0 radical (unpaired) electrons. The maximum absolute atomic E-state index is 13.2. The zero-order valence-electron chi connectivity index (χ0n) is 32.8. The lowest BCUT2D eigenvalue weighted by atomic mass is 9.94. The standard InChI is InChI=1S/C42H58N2O10/c1-7-34(32-28-38(49-4)41(51-6)39(29-32)50-5)42(46)43-19-10-8-9-14-40(45)54-35(17-15-30-16-18-36(47-2)37(26-30)48-3)31-12-11-13-33(27-31)53-25-22-44-20-23-52-24-21-44/h11-13,16,18,26-29,34-35H,7-10,14-15,17,19-25H2,1-6H3,(H,43,46)/t34-,35?/m0/s1. The second-order valence-corrected chi connectivity index (χ2v) is 13.1. The van der Waals surface area contributed by atoms with Crippen LogP contribution in [0.4, 0.5) is 0 Å². The number of benzene rings is 3. The normalized spacial score (nSPS) is 14.0. The van der Waals surface area contributed by atoms with Crippen molar-refractivity contribution in [3.8, 4) is 34.5 Å². The number of nitrogens with zero attached hydrogens (tertiary/aromatic N) is 1. The quantitative estimate of drug-likeness (QED) is 0.0841. The summed E-state index contributed by atoms with van der Waals surface area (Å²) in [5.74, 6) is 2.85. The molecule has 1 heterocycles. The van der Waals surface area contributed by atoms with Gasteiger partial charge in [-0.2, -0.15) is 0 Å². The van der Waals surface area contributed by atoms with E-state index in [0.717, 1.165) is 68.1 Å². The van der Waals surface area contributed by atoms with E-state index in [4.69, 9.17) is 37.9 Å². The van der Waals surface area contributed by atoms with Crippen LogP contribution in [0, 0.1) is 0 Å². The molecule has 296 valence electrons. The van der Waals surface area contributed by atoms with E-state index in [1.807, 2.05) is 61.5 Å². The molecule has 54 heavy (non-hydrogen) atoms. The van der Waals surface area contributed by atoms with Gasteiger partial charge in [0.25, 0.3) is 0 Å². The number of carbonyl (C=O) groups is 2. The number of carbonyl (C=O) groups excluding carboxylic acids is 2. The summed E-state index contributed by atoms with van der Waals surface area (Å²) >= 11 is 0. The average Bonchev–Trinajstić information content (AvgIpc) is 3.20. The summed E-state index contributed by atoms with van der Waals surface area (Å²) in [6, 6.07) is 17.3. The number of hydrogen-bond acceptors (Lipinski definition) is 11. The number of nitrogens with one attached hydrogen (secondary N) is 1. The van der Waals surface area contributed by atoms with Gasteiger partial charge in [-0.3, -0.25) is 14.5 Å². The molecule has 1 saturated heterocycles. The molecule has 12 heteroatoms. The topological polar surface area (TPSA) is 123 Å². The number of ether oxygens (including phenoxy) is 8. The van der Waals surface area contributed by atoms with Gasteiger partial charge in [-0.25, -0.2) is 0 Å². The number of rotatable bonds is 23. The number of morpholine rings is 1. The van der Waals surface area contributed by atoms with Crippen LogP contribution in [0.15, 0.2) is 54.6 Å². The smallest absolute Gasteiger partial charge is 0.306 e. The molecule has 3 aromatic carbocycles. The van der Waals surface area contributed by atoms with E-state index in [0.29, 0.717) is 67.6 Å². The van der Waals surface area contributed by atoms with Crippen LogP contribution in [0.25, 0.3) is 0 Å². The van der Waals surface area contributed by atoms with E-state index in [1.54, 1.807) is 35.5 Å². The SMILES string of the molecule is CC[C@H](C(=O)NCCCCCC(=O)OC(CCc1ccc(OC)c(OC)c1)c1cccc(OCCN2CCOCC2)c1)c1cc(OC)c(OC)c(OC)c1. The lowest BCUT2D eigenvalue weighted by Crippen LogP contribution is -2.38. The fraction of sp³-hybridized carbons (Fsp3) is 0.524. The van der Waals surface area contributed by atoms with Crippen LogP contribution >= 0.6 is 0 Å². The highest BCUT2D eigenvalue weighted by Crippen LogP contribution is 2.40. The Labute approximate surface area is 320 Å². The molecule has 0 aromatic heterocycles. The molecule has 1 amide bonds. The summed E-state index contributed by atoms with van der Waals surface area (Å²) < 4.78 is 45.0. The molecule has 1 N–H and O–H groups in total. The largest absolute Gasteiger partial charge is 0.493 e. The first kappa shape index (κ1) is 42.1. The number of unbranched alkanes of at least 4 members (excludes halogenated alkanes) is 2. The third-order valence-electron chi connectivity index (χ3n) is 9.60. The van der Waals surface area contributed by atoms with Gasteiger partial charge in [0, 0.05) is 32.6 Å². The lowest BCUT2D eigenvalue weighted by Gasteiger charge is -2.26. The molecule has 3 aromatic rings. The van der Waals surface area contributed by atoms with Gasteiger partial charge >= 0.3 is 5.97 Å². The molecule has 4 rings (SSSR count). The fourth-order valence-corrected chi connectivity index (χ4v) is 6.55. The van der Waals surface area contributed by atoms with Crippen LogP contribution in [0.1, 0.15) is 74.2 Å². The molecule has 0 spiro atoms. The molecule has 12 nitrogen and oxygen atoms in total. The van der Waals surface area contributed by atoms with Crippen molar-refractivity contribution in [1.82, 2.24) is 10.2 Å². The number of amides is 1. The molecular weight excluding hydrogens is 692 g/mol. The third kappa shape index (κ3) is 12.4. The van der Waals surface area contributed by atoms with Crippen molar-refractivity contribution in [2.75, 3.05) is 81.5 Å². The van der Waals surface area contributed by atoms with Gasteiger partial charge in [0.2, 0.25) is 11.7 Å². The summed E-state index contributed by atoms with van der Waals surface area (Å²) in [4.78, 5) is 28.7. The van der Waals surface area contributed by atoms with Crippen molar-refractivity contribution >= 4 is 11.9 Å². The van der Waals surface area contributed by atoms with Crippen molar-refractivity contribution < 1.29 is 47.5 Å². The summed E-state index contributed by atoms with van der Waals surface area (Å²) in [7, 11) is 7.89. The highest BCUT2D eigenvalue weighted by atomic mass is 16.5. The van der Waals surface area contributed by atoms with Crippen LogP contribution in [0.5, 0.6) is 34.5 Å². The zero-order valence-corrected chi connectivity index (χ0v) is 32.8. The second kappa shape index (κ2) is 22.5. The fourth-order valence-electron chi connectivity index (χ4n) is 6.55. The van der Waals surface area contributed by atoms with Crippen LogP contribution in [0.3, 0.4) is 0 Å². The summed E-state index contributed by atoms with van der Waals surface area (Å²) in [5, 5.41) is 3.06. The zero-order chi connectivity index (χ0) is 38.7. The average molecular weight is 751 g/mol. The molecule has 0 bridgehead atoms. The monoisotopic (exact) mass is 750 g/mol. The Morgan fingerprint density at radius 1 is 0.796 bits per heavy atom. The molecule has 1 fully saturated rings. The van der Waals surface area contributed by atoms with Gasteiger partial charge in [-0.05, 0) is 85.2 Å². The van der Waals surface area contributed by atoms with Crippen molar-refractivity contribution in [3.05, 3.63) is 71.3 Å². The molecule has 0 aliphatic carbocycles. The Morgan fingerprint density at radius 3 is 2.19 bits per heavy atom. The van der Waals surface area contributed by atoms with Gasteiger partial charge < -0.3 is 43.2 Å². The van der Waals surface area contributed by atoms with E-state index in [2.05, 4.69) is 10.2 Å². The Morgan fingerprint density at radius 2 is 1.52 bits per heavy atom. The predicted octanol–water partition coefficient (Wildman–Crippen LogP) is 6.53.